The first kappa shape index (κ1) is 54.2. The van der Waals surface area contributed by atoms with Gasteiger partial charge in [-0.25, -0.2) is 4.57 Å². The quantitative estimate of drug-likeness (QED) is 0.0245. The van der Waals surface area contributed by atoms with Gasteiger partial charge in [-0.3, -0.25) is 13.8 Å². The summed E-state index contributed by atoms with van der Waals surface area (Å²) in [6, 6.07) is -0.752. The van der Waals surface area contributed by atoms with Crippen LogP contribution in [0.25, 0.3) is 0 Å². The molecule has 0 saturated carbocycles. The maximum Gasteiger partial charge on any atom is 0.472 e. The molecule has 0 heterocycles. The SMILES string of the molecule is CCCCCCCCCC/C=C\CCCCCCCCCCCCCCCCCCCC(=O)NC(COP(=O)(O)OCC[N+](C)(C)C)C(O)CCCCCC. The van der Waals surface area contributed by atoms with Crippen LogP contribution in [0.5, 0.6) is 0 Å². The third-order valence-electron chi connectivity index (χ3n) is 10.8. The molecule has 0 rings (SSSR count). The van der Waals surface area contributed by atoms with Crippen LogP contribution in [0.2, 0.25) is 0 Å². The number of nitrogens with one attached hydrogen (secondary N) is 1. The van der Waals surface area contributed by atoms with Gasteiger partial charge in [0.1, 0.15) is 13.2 Å². The number of nitrogens with zero attached hydrogens (tertiary/aromatic N) is 1. The molecule has 328 valence electrons. The number of unbranched alkanes of at least 4 members (excludes halogenated alkanes) is 28. The smallest absolute Gasteiger partial charge is 0.391 e. The summed E-state index contributed by atoms with van der Waals surface area (Å²) in [7, 11) is 1.62. The van der Waals surface area contributed by atoms with Crippen molar-refractivity contribution in [2.75, 3.05) is 40.9 Å². The second kappa shape index (κ2) is 38.7. The predicted molar refractivity (Wildman–Crippen MR) is 235 cm³/mol. The van der Waals surface area contributed by atoms with E-state index in [-0.39, 0.29) is 19.1 Å². The van der Waals surface area contributed by atoms with Crippen molar-refractivity contribution in [1.29, 1.82) is 0 Å². The number of carbonyl (C=O) groups excluding carboxylic acids is 1. The van der Waals surface area contributed by atoms with Crippen LogP contribution in [0.4, 0.5) is 0 Å². The van der Waals surface area contributed by atoms with E-state index in [2.05, 4.69) is 31.3 Å². The van der Waals surface area contributed by atoms with Gasteiger partial charge in [-0.2, -0.15) is 0 Å². The molecule has 0 aromatic heterocycles. The third-order valence-corrected chi connectivity index (χ3v) is 11.7. The zero-order valence-electron chi connectivity index (χ0n) is 37.2. The molecule has 0 aliphatic heterocycles. The number of rotatable bonds is 43. The number of allylic oxidation sites excluding steroid dienone is 2. The fourth-order valence-electron chi connectivity index (χ4n) is 6.98. The van der Waals surface area contributed by atoms with Crippen LogP contribution in [0.1, 0.15) is 226 Å². The average molecular weight is 802 g/mol. The Hall–Kier alpha value is -0.760. The van der Waals surface area contributed by atoms with E-state index < -0.39 is 20.0 Å². The van der Waals surface area contributed by atoms with Gasteiger partial charge in [0.15, 0.2) is 0 Å². The van der Waals surface area contributed by atoms with Crippen molar-refractivity contribution < 1.29 is 32.9 Å². The zero-order chi connectivity index (χ0) is 40.7. The summed E-state index contributed by atoms with van der Waals surface area (Å²) in [5, 5.41) is 13.7. The van der Waals surface area contributed by atoms with Crippen molar-refractivity contribution >= 4 is 13.7 Å². The molecule has 0 fully saturated rings. The van der Waals surface area contributed by atoms with E-state index in [0.29, 0.717) is 23.9 Å². The lowest BCUT2D eigenvalue weighted by molar-refractivity contribution is -0.870. The molecule has 1 amide bonds. The minimum atomic E-state index is -4.29. The Bertz CT molecular complexity index is 911. The molecule has 0 radical (unpaired) electrons. The third kappa shape index (κ3) is 41.2. The lowest BCUT2D eigenvalue weighted by atomic mass is 10.0. The molecule has 0 saturated heterocycles. The number of hydrogen-bond acceptors (Lipinski definition) is 5. The number of hydrogen-bond donors (Lipinski definition) is 3. The van der Waals surface area contributed by atoms with E-state index in [0.717, 1.165) is 44.9 Å². The summed E-state index contributed by atoms with van der Waals surface area (Å²) in [5.74, 6) is -0.150. The van der Waals surface area contributed by atoms with E-state index in [4.69, 9.17) is 9.05 Å². The molecule has 3 unspecified atom stereocenters. The highest BCUT2D eigenvalue weighted by molar-refractivity contribution is 7.47. The maximum atomic E-state index is 12.7. The molecule has 0 bridgehead atoms. The summed E-state index contributed by atoms with van der Waals surface area (Å²) in [6.45, 7) is 4.78. The van der Waals surface area contributed by atoms with E-state index >= 15 is 0 Å². The van der Waals surface area contributed by atoms with Crippen molar-refractivity contribution in [3.05, 3.63) is 12.2 Å². The maximum absolute atomic E-state index is 12.7. The molecule has 8 nitrogen and oxygen atoms in total. The Morgan fingerprint density at radius 3 is 1.40 bits per heavy atom. The number of phosphoric acid groups is 1. The Kier molecular flexibility index (Phi) is 38.2. The number of phosphoric ester groups is 1. The predicted octanol–water partition coefficient (Wildman–Crippen LogP) is 13.1. The monoisotopic (exact) mass is 802 g/mol. The van der Waals surface area contributed by atoms with Gasteiger partial charge in [0.2, 0.25) is 5.91 Å². The largest absolute Gasteiger partial charge is 0.472 e. The minimum absolute atomic E-state index is 0.0757. The fourth-order valence-corrected chi connectivity index (χ4v) is 7.72. The lowest BCUT2D eigenvalue weighted by Crippen LogP contribution is -2.46. The number of aliphatic hydroxyl groups is 1. The summed E-state index contributed by atoms with van der Waals surface area (Å²) >= 11 is 0. The standard InChI is InChI=1S/C46H93N2O6P/c1-6-8-10-12-13-14-15-16-17-18-19-20-21-22-23-24-25-26-27-28-29-30-31-32-33-34-35-36-38-40-46(50)47-44(45(49)39-37-11-9-7-2)43-54-55(51,52)53-42-41-48(3,4)5/h18-19,44-45,49H,6-17,20-43H2,1-5H3,(H-,47,50,51,52)/p+1/b19-18-. The number of carbonyl (C=O) groups is 1. The van der Waals surface area contributed by atoms with Gasteiger partial charge in [0.05, 0.1) is 39.9 Å². The summed E-state index contributed by atoms with van der Waals surface area (Å²) in [4.78, 5) is 22.9. The first-order chi connectivity index (χ1) is 26.5. The van der Waals surface area contributed by atoms with Crippen molar-refractivity contribution in [3.63, 3.8) is 0 Å². The Labute approximate surface area is 342 Å². The number of quaternary nitrogens is 1. The molecule has 0 aromatic carbocycles. The van der Waals surface area contributed by atoms with Gasteiger partial charge in [-0.05, 0) is 38.5 Å². The van der Waals surface area contributed by atoms with Crippen LogP contribution < -0.4 is 5.32 Å². The zero-order valence-corrected chi connectivity index (χ0v) is 38.1. The van der Waals surface area contributed by atoms with Crippen LogP contribution >= 0.6 is 7.82 Å². The first-order valence-electron chi connectivity index (χ1n) is 23.6. The summed E-state index contributed by atoms with van der Waals surface area (Å²) < 4.78 is 23.4. The molecular formula is C46H94N2O6P+. The molecule has 0 aromatic rings. The van der Waals surface area contributed by atoms with Crippen molar-refractivity contribution in [2.45, 2.75) is 238 Å². The van der Waals surface area contributed by atoms with Crippen LogP contribution in [0, 0.1) is 0 Å². The molecule has 55 heavy (non-hydrogen) atoms. The van der Waals surface area contributed by atoms with Crippen molar-refractivity contribution in [3.8, 4) is 0 Å². The highest BCUT2D eigenvalue weighted by atomic mass is 31.2. The van der Waals surface area contributed by atoms with Gasteiger partial charge in [-0.15, -0.1) is 0 Å². The van der Waals surface area contributed by atoms with Gasteiger partial charge >= 0.3 is 7.82 Å². The molecule has 0 aliphatic rings. The Morgan fingerprint density at radius 1 is 0.600 bits per heavy atom. The number of aliphatic hydroxyl groups excluding tert-OH is 1. The van der Waals surface area contributed by atoms with Gasteiger partial charge < -0.3 is 19.8 Å². The van der Waals surface area contributed by atoms with Gasteiger partial charge in [0, 0.05) is 6.42 Å². The highest BCUT2D eigenvalue weighted by Gasteiger charge is 2.28. The molecule has 3 N–H and O–H groups in total. The lowest BCUT2D eigenvalue weighted by Gasteiger charge is -2.26. The van der Waals surface area contributed by atoms with Gasteiger partial charge in [0.25, 0.3) is 0 Å². The summed E-state index contributed by atoms with van der Waals surface area (Å²) in [5.41, 5.74) is 0. The van der Waals surface area contributed by atoms with E-state index in [9.17, 15) is 19.4 Å². The fraction of sp³-hybridized carbons (Fsp3) is 0.935. The second-order valence-corrected chi connectivity index (χ2v) is 18.9. The van der Waals surface area contributed by atoms with Crippen LogP contribution in [-0.2, 0) is 18.4 Å². The highest BCUT2D eigenvalue weighted by Crippen LogP contribution is 2.43. The van der Waals surface area contributed by atoms with Crippen molar-refractivity contribution in [1.82, 2.24) is 5.32 Å². The normalized spacial score (nSPS) is 14.4. The molecular weight excluding hydrogens is 707 g/mol. The molecule has 0 aliphatic carbocycles. The van der Waals surface area contributed by atoms with Gasteiger partial charge in [-0.1, -0.05) is 193 Å². The Morgan fingerprint density at radius 2 is 0.982 bits per heavy atom. The van der Waals surface area contributed by atoms with Crippen LogP contribution in [0.15, 0.2) is 12.2 Å². The average Bonchev–Trinajstić information content (AvgIpc) is 3.13. The topological polar surface area (TPSA) is 105 Å². The summed E-state index contributed by atoms with van der Waals surface area (Å²) in [6.07, 6.45) is 44.7. The van der Waals surface area contributed by atoms with Crippen LogP contribution in [0.3, 0.4) is 0 Å². The van der Waals surface area contributed by atoms with E-state index in [1.165, 1.54) is 154 Å². The van der Waals surface area contributed by atoms with Crippen LogP contribution in [-0.4, -0.2) is 73.4 Å². The molecule has 9 heteroatoms. The number of amides is 1. The van der Waals surface area contributed by atoms with E-state index in [1.807, 2.05) is 21.1 Å². The van der Waals surface area contributed by atoms with Crippen molar-refractivity contribution in [2.24, 2.45) is 0 Å². The second-order valence-electron chi connectivity index (χ2n) is 17.5. The van der Waals surface area contributed by atoms with E-state index in [1.54, 1.807) is 0 Å². The molecule has 3 atom stereocenters. The Balaban J connectivity index is 3.80. The number of likely N-dealkylation sites (N-methyl/N-ethyl adjacent to an activating group) is 1. The molecule has 0 spiro atoms. The minimum Gasteiger partial charge on any atom is -0.391 e. The first-order valence-corrected chi connectivity index (χ1v) is 25.0.